The van der Waals surface area contributed by atoms with Gasteiger partial charge in [0.15, 0.2) is 5.84 Å². The summed E-state index contributed by atoms with van der Waals surface area (Å²) in [6, 6.07) is 17.9. The van der Waals surface area contributed by atoms with Crippen molar-refractivity contribution >= 4 is 17.4 Å². The van der Waals surface area contributed by atoms with Crippen LogP contribution in [0, 0.1) is 0 Å². The van der Waals surface area contributed by atoms with Crippen molar-refractivity contribution in [3.05, 3.63) is 54.6 Å². The Morgan fingerprint density at radius 3 is 2.35 bits per heavy atom. The van der Waals surface area contributed by atoms with Crippen LogP contribution in [0.5, 0.6) is 0 Å². The number of anilines is 1. The van der Waals surface area contributed by atoms with Gasteiger partial charge in [0.1, 0.15) is 0 Å². The van der Waals surface area contributed by atoms with E-state index in [1.165, 1.54) is 0 Å². The van der Waals surface area contributed by atoms with Crippen LogP contribution in [-0.2, 0) is 4.79 Å². The summed E-state index contributed by atoms with van der Waals surface area (Å²) in [5.41, 5.74) is 3.05. The molecule has 1 aliphatic rings. The first-order valence-corrected chi connectivity index (χ1v) is 6.58. The van der Waals surface area contributed by atoms with Gasteiger partial charge in [-0.2, -0.15) is 0 Å². The normalized spacial score (nSPS) is 13.5. The molecule has 1 heterocycles. The third-order valence-corrected chi connectivity index (χ3v) is 3.14. The number of nitrogens with zero attached hydrogens (tertiary/aromatic N) is 1. The molecule has 2 aromatic rings. The van der Waals surface area contributed by atoms with E-state index in [-0.39, 0.29) is 5.91 Å². The molecule has 0 spiro atoms. The van der Waals surface area contributed by atoms with Crippen LogP contribution in [0.1, 0.15) is 0 Å². The summed E-state index contributed by atoms with van der Waals surface area (Å²) in [5, 5.41) is 5.78. The van der Waals surface area contributed by atoms with Crippen molar-refractivity contribution in [2.24, 2.45) is 4.99 Å². The van der Waals surface area contributed by atoms with Crippen molar-refractivity contribution < 1.29 is 4.79 Å². The Balaban J connectivity index is 1.72. The predicted octanol–water partition coefficient (Wildman–Crippen LogP) is 2.29. The standard InChI is InChI=1S/C16H15N3O/c20-16(15-17-10-11-18-15)19-14-8-6-13(7-9-14)12-4-2-1-3-5-12/h1-9H,10-11H2,(H,17,18)(H,19,20). The molecule has 0 saturated heterocycles. The maximum Gasteiger partial charge on any atom is 0.290 e. The number of amidine groups is 1. The molecule has 3 rings (SSSR count). The van der Waals surface area contributed by atoms with Gasteiger partial charge < -0.3 is 10.6 Å². The monoisotopic (exact) mass is 265 g/mol. The number of hydrogen-bond donors (Lipinski definition) is 2. The lowest BCUT2D eigenvalue weighted by molar-refractivity contribution is -0.110. The quantitative estimate of drug-likeness (QED) is 0.894. The van der Waals surface area contributed by atoms with Crippen molar-refractivity contribution in [1.29, 1.82) is 0 Å². The minimum atomic E-state index is -0.185. The van der Waals surface area contributed by atoms with Gasteiger partial charge in [-0.3, -0.25) is 9.79 Å². The van der Waals surface area contributed by atoms with E-state index in [9.17, 15) is 4.79 Å². The number of nitrogens with one attached hydrogen (secondary N) is 2. The van der Waals surface area contributed by atoms with E-state index < -0.39 is 0 Å². The number of aliphatic imine (C=N–C) groups is 1. The van der Waals surface area contributed by atoms with Crippen LogP contribution in [-0.4, -0.2) is 24.8 Å². The molecule has 4 nitrogen and oxygen atoms in total. The molecule has 0 saturated carbocycles. The van der Waals surface area contributed by atoms with Crippen LogP contribution in [0.25, 0.3) is 11.1 Å². The molecule has 4 heteroatoms. The topological polar surface area (TPSA) is 53.5 Å². The highest BCUT2D eigenvalue weighted by atomic mass is 16.2. The fraction of sp³-hybridized carbons (Fsp3) is 0.125. The molecule has 0 unspecified atom stereocenters. The Morgan fingerprint density at radius 2 is 1.70 bits per heavy atom. The van der Waals surface area contributed by atoms with Gasteiger partial charge in [-0.05, 0) is 23.3 Å². The maximum absolute atomic E-state index is 11.9. The van der Waals surface area contributed by atoms with E-state index in [4.69, 9.17) is 0 Å². The lowest BCUT2D eigenvalue weighted by Crippen LogP contribution is -2.32. The van der Waals surface area contributed by atoms with Crippen LogP contribution >= 0.6 is 0 Å². The number of carbonyl (C=O) groups is 1. The molecule has 0 bridgehead atoms. The zero-order valence-electron chi connectivity index (χ0n) is 11.0. The van der Waals surface area contributed by atoms with E-state index in [1.54, 1.807) is 0 Å². The summed E-state index contributed by atoms with van der Waals surface area (Å²) in [5.74, 6) is 0.229. The largest absolute Gasteiger partial charge is 0.364 e. The van der Waals surface area contributed by atoms with Crippen LogP contribution in [0.4, 0.5) is 5.69 Å². The summed E-state index contributed by atoms with van der Waals surface area (Å²) >= 11 is 0. The number of rotatable bonds is 3. The zero-order valence-corrected chi connectivity index (χ0v) is 11.0. The van der Waals surface area contributed by atoms with Gasteiger partial charge in [0.2, 0.25) is 0 Å². The summed E-state index contributed by atoms with van der Waals surface area (Å²) < 4.78 is 0. The van der Waals surface area contributed by atoms with E-state index >= 15 is 0 Å². The fourth-order valence-corrected chi connectivity index (χ4v) is 2.12. The minimum Gasteiger partial charge on any atom is -0.364 e. The second kappa shape index (κ2) is 5.57. The van der Waals surface area contributed by atoms with Crippen molar-refractivity contribution in [3.63, 3.8) is 0 Å². The van der Waals surface area contributed by atoms with Crippen molar-refractivity contribution in [2.75, 3.05) is 18.4 Å². The second-order valence-electron chi connectivity index (χ2n) is 4.55. The molecular weight excluding hydrogens is 250 g/mol. The lowest BCUT2D eigenvalue weighted by atomic mass is 10.1. The molecule has 0 radical (unpaired) electrons. The third-order valence-electron chi connectivity index (χ3n) is 3.14. The highest BCUT2D eigenvalue weighted by Gasteiger charge is 2.14. The van der Waals surface area contributed by atoms with Crippen molar-refractivity contribution in [3.8, 4) is 11.1 Å². The molecule has 2 aromatic carbocycles. The first-order chi connectivity index (χ1) is 9.83. The van der Waals surface area contributed by atoms with Crippen LogP contribution < -0.4 is 10.6 Å². The Bertz CT molecular complexity index is 633. The lowest BCUT2D eigenvalue weighted by Gasteiger charge is -2.07. The molecule has 1 aliphatic heterocycles. The van der Waals surface area contributed by atoms with E-state index in [1.807, 2.05) is 42.5 Å². The Kier molecular flexibility index (Phi) is 3.46. The summed E-state index contributed by atoms with van der Waals surface area (Å²) in [6.45, 7) is 1.39. The van der Waals surface area contributed by atoms with Gasteiger partial charge in [-0.25, -0.2) is 0 Å². The molecular formula is C16H15N3O. The number of amides is 1. The molecule has 0 fully saturated rings. The smallest absolute Gasteiger partial charge is 0.290 e. The van der Waals surface area contributed by atoms with Crippen LogP contribution in [0.2, 0.25) is 0 Å². The first kappa shape index (κ1) is 12.4. The molecule has 20 heavy (non-hydrogen) atoms. The Hall–Kier alpha value is -2.62. The Morgan fingerprint density at radius 1 is 1.00 bits per heavy atom. The van der Waals surface area contributed by atoms with Gasteiger partial charge in [0, 0.05) is 12.2 Å². The highest BCUT2D eigenvalue weighted by Crippen LogP contribution is 2.20. The molecule has 0 aliphatic carbocycles. The number of benzene rings is 2. The molecule has 0 aromatic heterocycles. The number of hydrogen-bond acceptors (Lipinski definition) is 3. The van der Waals surface area contributed by atoms with Crippen LogP contribution in [0.3, 0.4) is 0 Å². The van der Waals surface area contributed by atoms with Crippen LogP contribution in [0.15, 0.2) is 59.6 Å². The average Bonchev–Trinajstić information content (AvgIpc) is 3.03. The predicted molar refractivity (Wildman–Crippen MR) is 80.8 cm³/mol. The molecule has 100 valence electrons. The molecule has 0 atom stereocenters. The Labute approximate surface area is 117 Å². The third kappa shape index (κ3) is 2.69. The fourth-order valence-electron chi connectivity index (χ4n) is 2.12. The number of carbonyl (C=O) groups excluding carboxylic acids is 1. The average molecular weight is 265 g/mol. The first-order valence-electron chi connectivity index (χ1n) is 6.58. The summed E-state index contributed by atoms with van der Waals surface area (Å²) in [4.78, 5) is 16.0. The minimum absolute atomic E-state index is 0.185. The van der Waals surface area contributed by atoms with E-state index in [0.717, 1.165) is 23.4 Å². The van der Waals surface area contributed by atoms with Crippen molar-refractivity contribution in [2.45, 2.75) is 0 Å². The van der Waals surface area contributed by atoms with E-state index in [2.05, 4.69) is 27.8 Å². The maximum atomic E-state index is 11.9. The van der Waals surface area contributed by atoms with Gasteiger partial charge in [-0.15, -0.1) is 0 Å². The summed E-state index contributed by atoms with van der Waals surface area (Å²) in [7, 11) is 0. The SMILES string of the molecule is O=C(Nc1ccc(-c2ccccc2)cc1)C1=NCCN1. The summed E-state index contributed by atoms with van der Waals surface area (Å²) in [6.07, 6.45) is 0. The van der Waals surface area contributed by atoms with Gasteiger partial charge in [0.05, 0.1) is 6.54 Å². The van der Waals surface area contributed by atoms with E-state index in [0.29, 0.717) is 12.4 Å². The van der Waals surface area contributed by atoms with Gasteiger partial charge >= 0.3 is 0 Å². The second-order valence-corrected chi connectivity index (χ2v) is 4.55. The molecule has 1 amide bonds. The van der Waals surface area contributed by atoms with Gasteiger partial charge in [0.25, 0.3) is 5.91 Å². The zero-order chi connectivity index (χ0) is 13.8. The molecule has 2 N–H and O–H groups in total. The van der Waals surface area contributed by atoms with Gasteiger partial charge in [-0.1, -0.05) is 42.5 Å². The highest BCUT2D eigenvalue weighted by molar-refractivity contribution is 6.42. The van der Waals surface area contributed by atoms with Crippen molar-refractivity contribution in [1.82, 2.24) is 5.32 Å².